The molecule has 0 aromatic heterocycles. The van der Waals surface area contributed by atoms with E-state index in [0.717, 1.165) is 46.5 Å². The van der Waals surface area contributed by atoms with E-state index in [1.54, 1.807) is 12.1 Å². The Morgan fingerprint density at radius 2 is 1.90 bits per heavy atom. The SMILES string of the molecule is C=C1CNc2cccc(-c3cccc(F)c3)c2/C1=C/C1CC(C)C=C(C)N1.CC. The number of benzene rings is 2. The number of hydrogen-bond donors (Lipinski definition) is 2. The molecule has 29 heavy (non-hydrogen) atoms. The lowest BCUT2D eigenvalue weighted by molar-refractivity contribution is 0.499. The quantitative estimate of drug-likeness (QED) is 0.590. The van der Waals surface area contributed by atoms with Gasteiger partial charge in [-0.15, -0.1) is 0 Å². The Hall–Kier alpha value is -2.81. The molecule has 2 aromatic rings. The Kier molecular flexibility index (Phi) is 6.58. The summed E-state index contributed by atoms with van der Waals surface area (Å²) in [6.45, 7) is 13.4. The van der Waals surface area contributed by atoms with E-state index in [-0.39, 0.29) is 11.9 Å². The highest BCUT2D eigenvalue weighted by Crippen LogP contribution is 2.41. The third-order valence-electron chi connectivity index (χ3n) is 5.28. The van der Waals surface area contributed by atoms with Crippen molar-refractivity contribution in [1.82, 2.24) is 5.32 Å². The van der Waals surface area contributed by atoms with Gasteiger partial charge in [0.2, 0.25) is 0 Å². The van der Waals surface area contributed by atoms with Crippen LogP contribution >= 0.6 is 0 Å². The molecule has 2 unspecified atom stereocenters. The Labute approximate surface area is 174 Å². The molecule has 0 bridgehead atoms. The van der Waals surface area contributed by atoms with Crippen LogP contribution in [-0.2, 0) is 0 Å². The predicted octanol–water partition coefficient (Wildman–Crippen LogP) is 6.79. The minimum atomic E-state index is -0.221. The van der Waals surface area contributed by atoms with Gasteiger partial charge in [-0.1, -0.05) is 63.8 Å². The van der Waals surface area contributed by atoms with E-state index in [0.29, 0.717) is 5.92 Å². The van der Waals surface area contributed by atoms with E-state index in [2.05, 4.69) is 55.3 Å². The first-order chi connectivity index (χ1) is 14.0. The third-order valence-corrected chi connectivity index (χ3v) is 5.28. The van der Waals surface area contributed by atoms with E-state index < -0.39 is 0 Å². The molecule has 2 heterocycles. The van der Waals surface area contributed by atoms with Gasteiger partial charge >= 0.3 is 0 Å². The lowest BCUT2D eigenvalue weighted by atomic mass is 9.84. The maximum atomic E-state index is 13.9. The summed E-state index contributed by atoms with van der Waals surface area (Å²) in [5.74, 6) is 0.322. The van der Waals surface area contributed by atoms with Gasteiger partial charge in [0.25, 0.3) is 0 Å². The molecular weight excluding hydrogens is 359 g/mol. The highest BCUT2D eigenvalue weighted by atomic mass is 19.1. The van der Waals surface area contributed by atoms with Gasteiger partial charge in [0.15, 0.2) is 0 Å². The fraction of sp³-hybridized carbons (Fsp3) is 0.308. The van der Waals surface area contributed by atoms with Crippen molar-refractivity contribution in [1.29, 1.82) is 0 Å². The number of anilines is 1. The van der Waals surface area contributed by atoms with Crippen LogP contribution in [0.3, 0.4) is 0 Å². The van der Waals surface area contributed by atoms with Crippen LogP contribution in [0, 0.1) is 11.7 Å². The second-order valence-corrected chi connectivity index (χ2v) is 7.59. The first kappa shape index (κ1) is 20.9. The summed E-state index contributed by atoms with van der Waals surface area (Å²) in [4.78, 5) is 0. The average Bonchev–Trinajstić information content (AvgIpc) is 2.70. The van der Waals surface area contributed by atoms with Crippen molar-refractivity contribution in [2.24, 2.45) is 5.92 Å². The summed E-state index contributed by atoms with van der Waals surface area (Å²) in [5.41, 5.74) is 7.54. The van der Waals surface area contributed by atoms with Crippen molar-refractivity contribution in [3.05, 3.63) is 83.8 Å². The van der Waals surface area contributed by atoms with Crippen LogP contribution in [0.4, 0.5) is 10.1 Å². The van der Waals surface area contributed by atoms with Crippen LogP contribution in [0.2, 0.25) is 0 Å². The van der Waals surface area contributed by atoms with Gasteiger partial charge in [0.05, 0.1) is 0 Å². The molecule has 0 spiro atoms. The number of fused-ring (bicyclic) bond motifs is 1. The Bertz CT molecular complexity index is 955. The summed E-state index contributed by atoms with van der Waals surface area (Å²) in [7, 11) is 0. The highest BCUT2D eigenvalue weighted by molar-refractivity contribution is 5.96. The van der Waals surface area contributed by atoms with Crippen LogP contribution < -0.4 is 10.6 Å². The molecular formula is C26H31FN2. The van der Waals surface area contributed by atoms with E-state index in [1.165, 1.54) is 11.8 Å². The van der Waals surface area contributed by atoms with Gasteiger partial charge in [-0.25, -0.2) is 4.39 Å². The summed E-state index contributed by atoms with van der Waals surface area (Å²) < 4.78 is 13.9. The molecule has 0 amide bonds. The maximum absolute atomic E-state index is 13.9. The van der Waals surface area contributed by atoms with Gasteiger partial charge in [-0.3, -0.25) is 0 Å². The van der Waals surface area contributed by atoms with E-state index in [4.69, 9.17) is 0 Å². The van der Waals surface area contributed by atoms with Gasteiger partial charge in [0.1, 0.15) is 5.82 Å². The van der Waals surface area contributed by atoms with Gasteiger partial charge < -0.3 is 10.6 Å². The zero-order valence-electron chi connectivity index (χ0n) is 17.9. The van der Waals surface area contributed by atoms with Crippen LogP contribution in [0.15, 0.2) is 72.5 Å². The normalized spacial score (nSPS) is 21.9. The van der Waals surface area contributed by atoms with Crippen molar-refractivity contribution < 1.29 is 4.39 Å². The summed E-state index contributed by atoms with van der Waals surface area (Å²) in [5, 5.41) is 7.03. The molecule has 2 nitrogen and oxygen atoms in total. The van der Waals surface area contributed by atoms with Crippen molar-refractivity contribution in [2.45, 2.75) is 40.2 Å². The Morgan fingerprint density at radius 3 is 2.62 bits per heavy atom. The average molecular weight is 391 g/mol. The second kappa shape index (κ2) is 9.13. The largest absolute Gasteiger partial charge is 0.383 e. The molecule has 0 aliphatic carbocycles. The fourth-order valence-corrected chi connectivity index (χ4v) is 4.17. The van der Waals surface area contributed by atoms with Crippen LogP contribution in [0.1, 0.15) is 39.7 Å². The zero-order chi connectivity index (χ0) is 21.0. The van der Waals surface area contributed by atoms with E-state index in [1.807, 2.05) is 26.0 Å². The molecule has 0 fully saturated rings. The van der Waals surface area contributed by atoms with Crippen molar-refractivity contribution in [2.75, 3.05) is 11.9 Å². The monoisotopic (exact) mass is 390 g/mol. The van der Waals surface area contributed by atoms with Crippen LogP contribution in [-0.4, -0.2) is 12.6 Å². The number of hydrogen-bond acceptors (Lipinski definition) is 2. The lowest BCUT2D eigenvalue weighted by Gasteiger charge is -2.30. The summed E-state index contributed by atoms with van der Waals surface area (Å²) in [6.07, 6.45) is 5.63. The lowest BCUT2D eigenvalue weighted by Crippen LogP contribution is -2.32. The van der Waals surface area contributed by atoms with Gasteiger partial charge in [0, 0.05) is 29.5 Å². The van der Waals surface area contributed by atoms with Crippen LogP contribution in [0.25, 0.3) is 16.7 Å². The van der Waals surface area contributed by atoms with Crippen molar-refractivity contribution in [3.63, 3.8) is 0 Å². The summed E-state index contributed by atoms with van der Waals surface area (Å²) in [6, 6.07) is 13.2. The second-order valence-electron chi connectivity index (χ2n) is 7.59. The zero-order valence-corrected chi connectivity index (χ0v) is 17.9. The van der Waals surface area contributed by atoms with Crippen LogP contribution in [0.5, 0.6) is 0 Å². The number of allylic oxidation sites excluding steroid dienone is 2. The molecule has 152 valence electrons. The predicted molar refractivity (Wildman–Crippen MR) is 123 cm³/mol. The third kappa shape index (κ3) is 4.61. The smallest absolute Gasteiger partial charge is 0.123 e. The topological polar surface area (TPSA) is 24.1 Å². The standard InChI is InChI=1S/C24H25FN2.C2H6/c1-15-10-17(3)27-20(11-15)13-22-16(2)14-26-23-9-5-8-21(24(22)23)18-6-4-7-19(25)12-18;1-2/h4-10,12-13,15,20,26-27H,2,11,14H2,1,3H3;1-2H3/b22-13+;. The molecule has 2 aromatic carbocycles. The highest BCUT2D eigenvalue weighted by Gasteiger charge is 2.23. The molecule has 2 aliphatic rings. The molecule has 0 radical (unpaired) electrons. The van der Waals surface area contributed by atoms with E-state index >= 15 is 0 Å². The summed E-state index contributed by atoms with van der Waals surface area (Å²) >= 11 is 0. The molecule has 2 aliphatic heterocycles. The van der Waals surface area contributed by atoms with Gasteiger partial charge in [-0.2, -0.15) is 0 Å². The Balaban J connectivity index is 0.00000117. The van der Waals surface area contributed by atoms with E-state index in [9.17, 15) is 4.39 Å². The maximum Gasteiger partial charge on any atom is 0.123 e. The van der Waals surface area contributed by atoms with Crippen molar-refractivity contribution in [3.8, 4) is 11.1 Å². The molecule has 2 atom stereocenters. The fourth-order valence-electron chi connectivity index (χ4n) is 4.17. The minimum absolute atomic E-state index is 0.221. The Morgan fingerprint density at radius 1 is 1.14 bits per heavy atom. The molecule has 3 heteroatoms. The molecule has 0 saturated carbocycles. The molecule has 0 saturated heterocycles. The first-order valence-electron chi connectivity index (χ1n) is 10.5. The van der Waals surface area contributed by atoms with Crippen molar-refractivity contribution >= 4 is 11.3 Å². The molecule has 2 N–H and O–H groups in total. The molecule has 4 rings (SSSR count). The number of halogens is 1. The first-order valence-corrected chi connectivity index (χ1v) is 10.5. The number of nitrogens with one attached hydrogen (secondary N) is 2. The minimum Gasteiger partial charge on any atom is -0.383 e. The number of rotatable bonds is 2. The van der Waals surface area contributed by atoms with Gasteiger partial charge in [-0.05, 0) is 59.7 Å².